The average Bonchev–Trinajstić information content (AvgIpc) is 3.32. The standard InChI is InChI=1S/C32H12BF24.C20H20N/c34-25(35,36)13-1-14(26(37,38)39)6-21(5-13)33(22-7-15(27(40,41)42)2-16(8-22)28(43,44)45,23-9-17(29(46,47)48)3-18(10-23)30(49,50)51)24-11-19(31(52,53)54)4-20(12-24)32(55,56)57;1-16-9-8-12-19(17(16)2)20-13-6-7-14-21(20)15-18-10-4-3-5-11-18/h1-12H;3-14H,15H2,1-2H3/q-1;+1. The fourth-order valence-electron chi connectivity index (χ4n) is 8.74. The van der Waals surface area contributed by atoms with Crippen LogP contribution in [0.4, 0.5) is 105 Å². The molecule has 1 aromatic heterocycles. The van der Waals surface area contributed by atoms with Gasteiger partial charge in [-0.15, -0.1) is 0 Å². The summed E-state index contributed by atoms with van der Waals surface area (Å²) in [6, 6.07) is 14.7. The van der Waals surface area contributed by atoms with Gasteiger partial charge in [-0.2, -0.15) is 132 Å². The molecule has 0 fully saturated rings. The molecule has 1 nitrogen and oxygen atoms in total. The average molecular weight is 1140 g/mol. The lowest BCUT2D eigenvalue weighted by Gasteiger charge is -2.46. The molecule has 1 heterocycles. The Morgan fingerprint density at radius 1 is 0.321 bits per heavy atom. The number of hydrogen-bond donors (Lipinski definition) is 0. The van der Waals surface area contributed by atoms with Gasteiger partial charge in [-0.25, -0.2) is 0 Å². The number of hydrogen-bond acceptors (Lipinski definition) is 0. The number of aromatic nitrogens is 1. The first-order valence-electron chi connectivity index (χ1n) is 22.0. The van der Waals surface area contributed by atoms with Crippen LogP contribution in [-0.2, 0) is 56.0 Å². The van der Waals surface area contributed by atoms with E-state index < -0.39 is 195 Å². The van der Waals surface area contributed by atoms with Crippen molar-refractivity contribution in [2.24, 2.45) is 0 Å². The molecule has 0 spiro atoms. The van der Waals surface area contributed by atoms with Crippen LogP contribution >= 0.6 is 0 Å². The number of halogens is 24. The molecule has 0 aliphatic carbocycles. The largest absolute Gasteiger partial charge is 0.416 e. The Morgan fingerprint density at radius 3 is 0.885 bits per heavy atom. The summed E-state index contributed by atoms with van der Waals surface area (Å²) >= 11 is 0. The minimum Gasteiger partial charge on any atom is -0.194 e. The van der Waals surface area contributed by atoms with Crippen LogP contribution in [-0.4, -0.2) is 6.15 Å². The van der Waals surface area contributed by atoms with E-state index in [4.69, 9.17) is 0 Å². The second-order valence-corrected chi connectivity index (χ2v) is 17.7. The third-order valence-corrected chi connectivity index (χ3v) is 12.5. The highest BCUT2D eigenvalue weighted by Crippen LogP contribution is 2.41. The smallest absolute Gasteiger partial charge is 0.194 e. The molecule has 26 heteroatoms. The Hall–Kier alpha value is -7.15. The molecule has 6 aromatic carbocycles. The maximum atomic E-state index is 14.2. The first kappa shape index (κ1) is 60.1. The molecular weight excluding hydrogens is 1110 g/mol. The predicted octanol–water partition coefficient (Wildman–Crippen LogP) is 15.5. The second kappa shape index (κ2) is 20.9. The Kier molecular flexibility index (Phi) is 16.1. The molecule has 0 aliphatic heterocycles. The molecule has 0 saturated carbocycles. The highest BCUT2D eigenvalue weighted by Gasteiger charge is 2.47. The zero-order valence-electron chi connectivity index (χ0n) is 39.2. The summed E-state index contributed by atoms with van der Waals surface area (Å²) in [7, 11) is 0. The monoisotopic (exact) mass is 1140 g/mol. The third kappa shape index (κ3) is 13.4. The highest BCUT2D eigenvalue weighted by atomic mass is 19.4. The third-order valence-electron chi connectivity index (χ3n) is 12.5. The summed E-state index contributed by atoms with van der Waals surface area (Å²) in [6.45, 7) is 5.26. The number of alkyl halides is 24. The molecule has 0 saturated heterocycles. The van der Waals surface area contributed by atoms with Gasteiger partial charge in [0.1, 0.15) is 6.15 Å². The quantitative estimate of drug-likeness (QED) is 0.0851. The lowest BCUT2D eigenvalue weighted by Crippen LogP contribution is -2.75. The fourth-order valence-corrected chi connectivity index (χ4v) is 8.74. The molecule has 0 N–H and O–H groups in total. The number of aryl methyl sites for hydroxylation is 1. The Balaban J connectivity index is 0.000000387. The van der Waals surface area contributed by atoms with Gasteiger partial charge in [0.25, 0.3) is 0 Å². The van der Waals surface area contributed by atoms with Gasteiger partial charge in [0, 0.05) is 23.3 Å². The van der Waals surface area contributed by atoms with Crippen molar-refractivity contribution in [2.75, 3.05) is 0 Å². The summed E-state index contributed by atoms with van der Waals surface area (Å²) in [5.41, 5.74) is -23.6. The molecule has 7 aromatic rings. The molecule has 7 rings (SSSR count). The lowest BCUT2D eigenvalue weighted by atomic mass is 9.12. The normalized spacial score (nSPS) is 13.3. The van der Waals surface area contributed by atoms with E-state index >= 15 is 0 Å². The summed E-state index contributed by atoms with van der Waals surface area (Å²) < 4.78 is 343. The van der Waals surface area contributed by atoms with Gasteiger partial charge < -0.3 is 0 Å². The zero-order chi connectivity index (χ0) is 58.6. The van der Waals surface area contributed by atoms with Crippen LogP contribution in [0.3, 0.4) is 0 Å². The van der Waals surface area contributed by atoms with E-state index in [1.165, 1.54) is 27.9 Å². The van der Waals surface area contributed by atoms with Gasteiger partial charge in [-0.05, 0) is 61.4 Å². The van der Waals surface area contributed by atoms with Crippen molar-refractivity contribution in [1.82, 2.24) is 0 Å². The van der Waals surface area contributed by atoms with Crippen molar-refractivity contribution < 1.29 is 110 Å². The summed E-state index contributed by atoms with van der Waals surface area (Å²) in [4.78, 5) is 0. The van der Waals surface area contributed by atoms with E-state index in [2.05, 4.69) is 91.3 Å². The van der Waals surface area contributed by atoms with E-state index in [0.29, 0.717) is 0 Å². The van der Waals surface area contributed by atoms with E-state index in [-0.39, 0.29) is 0 Å². The lowest BCUT2D eigenvalue weighted by molar-refractivity contribution is -0.677. The van der Waals surface area contributed by atoms with Crippen LogP contribution in [0.5, 0.6) is 0 Å². The van der Waals surface area contributed by atoms with Crippen molar-refractivity contribution >= 4 is 28.0 Å². The maximum Gasteiger partial charge on any atom is 0.416 e. The molecule has 0 atom stereocenters. The molecule has 0 bridgehead atoms. The van der Waals surface area contributed by atoms with Crippen LogP contribution in [0.15, 0.2) is 146 Å². The number of benzene rings is 6. The van der Waals surface area contributed by atoms with Crippen LogP contribution < -0.4 is 26.4 Å². The van der Waals surface area contributed by atoms with E-state index in [9.17, 15) is 105 Å². The zero-order valence-corrected chi connectivity index (χ0v) is 39.2. The van der Waals surface area contributed by atoms with Gasteiger partial charge >= 0.3 is 49.4 Å². The second-order valence-electron chi connectivity index (χ2n) is 17.7. The predicted molar refractivity (Wildman–Crippen MR) is 237 cm³/mol. The van der Waals surface area contributed by atoms with Gasteiger partial charge in [0.2, 0.25) is 5.69 Å². The molecule has 0 aliphatic rings. The van der Waals surface area contributed by atoms with Gasteiger partial charge in [-0.1, -0.05) is 91.0 Å². The highest BCUT2D eigenvalue weighted by molar-refractivity contribution is 7.20. The van der Waals surface area contributed by atoms with Gasteiger partial charge in [-0.3, -0.25) is 0 Å². The van der Waals surface area contributed by atoms with Gasteiger partial charge in [0.15, 0.2) is 12.7 Å². The van der Waals surface area contributed by atoms with Crippen molar-refractivity contribution in [3.63, 3.8) is 0 Å². The SMILES string of the molecule is Cc1cccc(-c2cccc[n+]2Cc2ccccc2)c1C.FC(F)(F)c1cc([B-](c2cc(C(F)(F)F)cc(C(F)(F)F)c2)(c2cc(C(F)(F)F)cc(C(F)(F)F)c2)c2cc(C(F)(F)F)cc(C(F)(F)F)c2)cc(C(F)(F)F)c1. The van der Waals surface area contributed by atoms with E-state index in [0.717, 1.165) is 6.54 Å². The number of rotatable bonds is 7. The Bertz CT molecular complexity index is 2850. The van der Waals surface area contributed by atoms with E-state index in [1.54, 1.807) is 0 Å². The molecule has 416 valence electrons. The van der Waals surface area contributed by atoms with Gasteiger partial charge in [0.05, 0.1) is 44.5 Å². The summed E-state index contributed by atoms with van der Waals surface area (Å²) in [5, 5.41) is 0. The van der Waals surface area contributed by atoms with E-state index in [1.807, 2.05) is 0 Å². The van der Waals surface area contributed by atoms with Crippen molar-refractivity contribution in [3.05, 3.63) is 207 Å². The minimum absolute atomic E-state index is 0.691. The molecule has 78 heavy (non-hydrogen) atoms. The Labute approximate surface area is 425 Å². The van der Waals surface area contributed by atoms with Crippen LogP contribution in [0.1, 0.15) is 61.2 Å². The topological polar surface area (TPSA) is 3.88 Å². The van der Waals surface area contributed by atoms with Crippen LogP contribution in [0.25, 0.3) is 11.3 Å². The summed E-state index contributed by atoms with van der Waals surface area (Å²) in [6.07, 6.45) is -52.6. The number of nitrogens with zero attached hydrogens (tertiary/aromatic N) is 1. The molecule has 0 unspecified atom stereocenters. The molecule has 0 radical (unpaired) electrons. The fraction of sp³-hybridized carbons (Fsp3) is 0.212. The maximum absolute atomic E-state index is 14.2. The summed E-state index contributed by atoms with van der Waals surface area (Å²) in [5.74, 6) is 0. The Morgan fingerprint density at radius 2 is 0.603 bits per heavy atom. The van der Waals surface area contributed by atoms with Crippen LogP contribution in [0, 0.1) is 13.8 Å². The van der Waals surface area contributed by atoms with Crippen molar-refractivity contribution in [1.29, 1.82) is 0 Å². The molecular formula is C52H32BF24N. The molecule has 0 amide bonds. The number of pyridine rings is 1. The first-order chi connectivity index (χ1) is 35.5. The van der Waals surface area contributed by atoms with Crippen molar-refractivity contribution in [2.45, 2.75) is 69.8 Å². The minimum atomic E-state index is -6.13. The van der Waals surface area contributed by atoms with Crippen LogP contribution in [0.2, 0.25) is 0 Å². The van der Waals surface area contributed by atoms with Crippen molar-refractivity contribution in [3.8, 4) is 11.3 Å². The first-order valence-corrected chi connectivity index (χ1v) is 22.0.